The number of halogens is 1. The standard InChI is InChI=1S/C19H22FNO2/c1-14(2)15-7-9-17(10-8-15)23-12-11-21-19(22)13-16-5-3-4-6-18(16)20/h3-10,14H,11-13H2,1-2H3,(H,21,22). The minimum absolute atomic E-state index is 0.0375. The van der Waals surface area contributed by atoms with Gasteiger partial charge in [-0.2, -0.15) is 0 Å². The Balaban J connectivity index is 1.70. The van der Waals surface area contributed by atoms with Gasteiger partial charge in [-0.15, -0.1) is 0 Å². The molecule has 0 bridgehead atoms. The van der Waals surface area contributed by atoms with E-state index in [9.17, 15) is 9.18 Å². The average molecular weight is 315 g/mol. The number of nitrogens with one attached hydrogen (secondary N) is 1. The Labute approximate surface area is 136 Å². The molecule has 122 valence electrons. The Morgan fingerprint density at radius 1 is 1.13 bits per heavy atom. The molecule has 1 amide bonds. The highest BCUT2D eigenvalue weighted by molar-refractivity contribution is 5.78. The van der Waals surface area contributed by atoms with Crippen LogP contribution in [0, 0.1) is 5.82 Å². The van der Waals surface area contributed by atoms with Crippen LogP contribution in [-0.2, 0) is 11.2 Å². The van der Waals surface area contributed by atoms with Gasteiger partial charge < -0.3 is 10.1 Å². The molecule has 0 aliphatic carbocycles. The van der Waals surface area contributed by atoms with Crippen molar-refractivity contribution in [3.63, 3.8) is 0 Å². The maximum Gasteiger partial charge on any atom is 0.224 e. The number of rotatable bonds is 7. The van der Waals surface area contributed by atoms with Gasteiger partial charge in [0, 0.05) is 0 Å². The summed E-state index contributed by atoms with van der Waals surface area (Å²) in [5.74, 6) is 0.692. The van der Waals surface area contributed by atoms with E-state index in [1.807, 2.05) is 24.3 Å². The maximum atomic E-state index is 13.4. The van der Waals surface area contributed by atoms with Crippen molar-refractivity contribution in [3.8, 4) is 5.75 Å². The van der Waals surface area contributed by atoms with Gasteiger partial charge >= 0.3 is 0 Å². The highest BCUT2D eigenvalue weighted by atomic mass is 19.1. The third-order valence-electron chi connectivity index (χ3n) is 3.55. The highest BCUT2D eigenvalue weighted by Crippen LogP contribution is 2.18. The molecule has 2 aromatic carbocycles. The van der Waals surface area contributed by atoms with E-state index in [2.05, 4.69) is 19.2 Å². The number of amides is 1. The van der Waals surface area contributed by atoms with E-state index in [-0.39, 0.29) is 18.1 Å². The quantitative estimate of drug-likeness (QED) is 0.791. The lowest BCUT2D eigenvalue weighted by Crippen LogP contribution is -2.29. The van der Waals surface area contributed by atoms with Crippen LogP contribution in [0.1, 0.15) is 30.9 Å². The molecule has 2 rings (SSSR count). The monoisotopic (exact) mass is 315 g/mol. The Kier molecular flexibility index (Phi) is 6.15. The summed E-state index contributed by atoms with van der Waals surface area (Å²) in [6.45, 7) is 5.05. The molecule has 2 aromatic rings. The molecular formula is C19H22FNO2. The Bertz CT molecular complexity index is 638. The van der Waals surface area contributed by atoms with E-state index in [0.717, 1.165) is 5.75 Å². The van der Waals surface area contributed by atoms with Crippen LogP contribution in [0.5, 0.6) is 5.75 Å². The van der Waals surface area contributed by atoms with E-state index < -0.39 is 0 Å². The molecule has 23 heavy (non-hydrogen) atoms. The highest BCUT2D eigenvalue weighted by Gasteiger charge is 2.07. The van der Waals surface area contributed by atoms with E-state index in [1.54, 1.807) is 18.2 Å². The summed E-state index contributed by atoms with van der Waals surface area (Å²) in [4.78, 5) is 11.8. The molecule has 4 heteroatoms. The zero-order valence-electron chi connectivity index (χ0n) is 13.5. The van der Waals surface area contributed by atoms with Crippen molar-refractivity contribution < 1.29 is 13.9 Å². The molecule has 0 heterocycles. The lowest BCUT2D eigenvalue weighted by Gasteiger charge is -2.10. The fourth-order valence-corrected chi connectivity index (χ4v) is 2.19. The summed E-state index contributed by atoms with van der Waals surface area (Å²) in [5.41, 5.74) is 1.66. The first-order chi connectivity index (χ1) is 11.1. The van der Waals surface area contributed by atoms with Gasteiger partial charge in [-0.25, -0.2) is 4.39 Å². The average Bonchev–Trinajstić information content (AvgIpc) is 2.54. The molecule has 3 nitrogen and oxygen atoms in total. The Hall–Kier alpha value is -2.36. The summed E-state index contributed by atoms with van der Waals surface area (Å²) in [5, 5.41) is 2.73. The molecule has 0 unspecified atom stereocenters. The van der Waals surface area contributed by atoms with Crippen molar-refractivity contribution in [2.45, 2.75) is 26.2 Å². The van der Waals surface area contributed by atoms with Gasteiger partial charge in [0.1, 0.15) is 18.2 Å². The fourth-order valence-electron chi connectivity index (χ4n) is 2.19. The normalized spacial score (nSPS) is 10.6. The zero-order chi connectivity index (χ0) is 16.7. The van der Waals surface area contributed by atoms with E-state index in [1.165, 1.54) is 11.6 Å². The molecule has 0 aliphatic rings. The van der Waals surface area contributed by atoms with Gasteiger partial charge in [0.05, 0.1) is 13.0 Å². The molecule has 0 saturated heterocycles. The summed E-state index contributed by atoms with van der Waals surface area (Å²) >= 11 is 0. The first kappa shape index (κ1) is 17.0. The lowest BCUT2D eigenvalue weighted by molar-refractivity contribution is -0.120. The zero-order valence-corrected chi connectivity index (χ0v) is 13.5. The van der Waals surface area contributed by atoms with Gasteiger partial charge in [-0.1, -0.05) is 44.2 Å². The number of hydrogen-bond donors (Lipinski definition) is 1. The lowest BCUT2D eigenvalue weighted by atomic mass is 10.0. The van der Waals surface area contributed by atoms with Crippen LogP contribution in [-0.4, -0.2) is 19.1 Å². The molecular weight excluding hydrogens is 293 g/mol. The Morgan fingerprint density at radius 3 is 2.48 bits per heavy atom. The fraction of sp³-hybridized carbons (Fsp3) is 0.316. The summed E-state index contributed by atoms with van der Waals surface area (Å²) < 4.78 is 19.0. The topological polar surface area (TPSA) is 38.3 Å². The van der Waals surface area contributed by atoms with Crippen LogP contribution in [0.25, 0.3) is 0 Å². The number of benzene rings is 2. The van der Waals surface area contributed by atoms with Gasteiger partial charge in [-0.3, -0.25) is 4.79 Å². The summed E-state index contributed by atoms with van der Waals surface area (Å²) in [6.07, 6.45) is 0.0375. The largest absolute Gasteiger partial charge is 0.492 e. The smallest absolute Gasteiger partial charge is 0.224 e. The molecule has 0 atom stereocenters. The second-order valence-corrected chi connectivity index (χ2v) is 5.69. The molecule has 0 spiro atoms. The van der Waals surface area contributed by atoms with E-state index in [0.29, 0.717) is 24.6 Å². The number of hydrogen-bond acceptors (Lipinski definition) is 2. The van der Waals surface area contributed by atoms with Crippen LogP contribution in [0.3, 0.4) is 0 Å². The van der Waals surface area contributed by atoms with Crippen LogP contribution in [0.2, 0.25) is 0 Å². The first-order valence-corrected chi connectivity index (χ1v) is 7.79. The van der Waals surface area contributed by atoms with E-state index in [4.69, 9.17) is 4.74 Å². The van der Waals surface area contributed by atoms with Crippen molar-refractivity contribution in [1.82, 2.24) is 5.32 Å². The van der Waals surface area contributed by atoms with Crippen molar-refractivity contribution in [1.29, 1.82) is 0 Å². The molecule has 0 fully saturated rings. The molecule has 0 aliphatic heterocycles. The van der Waals surface area contributed by atoms with Crippen LogP contribution in [0.4, 0.5) is 4.39 Å². The Morgan fingerprint density at radius 2 is 1.83 bits per heavy atom. The number of carbonyl (C=O) groups is 1. The maximum absolute atomic E-state index is 13.4. The van der Waals surface area contributed by atoms with Crippen molar-refractivity contribution in [3.05, 3.63) is 65.5 Å². The van der Waals surface area contributed by atoms with E-state index >= 15 is 0 Å². The molecule has 0 saturated carbocycles. The van der Waals surface area contributed by atoms with Crippen molar-refractivity contribution in [2.24, 2.45) is 0 Å². The van der Waals surface area contributed by atoms with Crippen LogP contribution >= 0.6 is 0 Å². The minimum atomic E-state index is -0.357. The predicted molar refractivity (Wildman–Crippen MR) is 89.1 cm³/mol. The van der Waals surface area contributed by atoms with Gasteiger partial charge in [0.25, 0.3) is 0 Å². The number of carbonyl (C=O) groups excluding carboxylic acids is 1. The first-order valence-electron chi connectivity index (χ1n) is 7.79. The molecule has 0 aromatic heterocycles. The van der Waals surface area contributed by atoms with Crippen molar-refractivity contribution >= 4 is 5.91 Å². The second-order valence-electron chi connectivity index (χ2n) is 5.69. The van der Waals surface area contributed by atoms with Gasteiger partial charge in [0.2, 0.25) is 5.91 Å². The predicted octanol–water partition coefficient (Wildman–Crippen LogP) is 3.69. The molecule has 1 N–H and O–H groups in total. The minimum Gasteiger partial charge on any atom is -0.492 e. The van der Waals surface area contributed by atoms with Crippen LogP contribution in [0.15, 0.2) is 48.5 Å². The van der Waals surface area contributed by atoms with Gasteiger partial charge in [-0.05, 0) is 35.2 Å². The molecule has 0 radical (unpaired) electrons. The third kappa shape index (κ3) is 5.40. The SMILES string of the molecule is CC(C)c1ccc(OCCNC(=O)Cc2ccccc2F)cc1. The summed E-state index contributed by atoms with van der Waals surface area (Å²) in [6, 6.07) is 14.2. The third-order valence-corrected chi connectivity index (χ3v) is 3.55. The van der Waals surface area contributed by atoms with Crippen LogP contribution < -0.4 is 10.1 Å². The van der Waals surface area contributed by atoms with Gasteiger partial charge in [0.15, 0.2) is 0 Å². The van der Waals surface area contributed by atoms with Crippen molar-refractivity contribution in [2.75, 3.05) is 13.2 Å². The number of ether oxygens (including phenoxy) is 1. The second kappa shape index (κ2) is 8.32. The summed E-state index contributed by atoms with van der Waals surface area (Å²) in [7, 11) is 0.